The summed E-state index contributed by atoms with van der Waals surface area (Å²) in [6, 6.07) is 11.5. The normalized spacial score (nSPS) is 18.5. The van der Waals surface area contributed by atoms with E-state index in [1.807, 2.05) is 88.0 Å². The molecule has 2 aromatic heterocycles. The zero-order valence-electron chi connectivity index (χ0n) is 35.9. The van der Waals surface area contributed by atoms with Gasteiger partial charge in [-0.05, 0) is 104 Å². The fraction of sp³-hybridized carbons (Fsp3) is 0.388. The van der Waals surface area contributed by atoms with Crippen LogP contribution in [0.2, 0.25) is 0 Å². The number of aryl methyl sites for hydroxylation is 2. The average Bonchev–Trinajstić information content (AvgIpc) is 4.05. The van der Waals surface area contributed by atoms with E-state index in [2.05, 4.69) is 6.92 Å². The lowest BCUT2D eigenvalue weighted by molar-refractivity contribution is 0.206. The molecule has 0 spiro atoms. The number of rotatable bonds is 11. The van der Waals surface area contributed by atoms with Crippen LogP contribution in [0.15, 0.2) is 68.0 Å². The number of benzene rings is 4. The van der Waals surface area contributed by atoms with E-state index in [4.69, 9.17) is 19.0 Å². The smallest absolute Gasteiger partial charge is 0.167 e. The summed E-state index contributed by atoms with van der Waals surface area (Å²) in [5.74, 6) is -0.598. The molecule has 3 atom stereocenters. The number of hydrogen-bond donors (Lipinski definition) is 6. The first-order valence-corrected chi connectivity index (χ1v) is 21.3. The van der Waals surface area contributed by atoms with Crippen molar-refractivity contribution in [3.05, 3.63) is 93.8 Å². The molecule has 2 fully saturated rings. The van der Waals surface area contributed by atoms with Gasteiger partial charge in [-0.25, -0.2) is 0 Å². The lowest BCUT2D eigenvalue weighted by Crippen LogP contribution is -2.31. The van der Waals surface area contributed by atoms with E-state index in [0.717, 1.165) is 37.2 Å². The van der Waals surface area contributed by atoms with Gasteiger partial charge in [0.1, 0.15) is 23.0 Å². The molecule has 2 aliphatic heterocycles. The molecule has 320 valence electrons. The molecule has 4 aromatic carbocycles. The van der Waals surface area contributed by atoms with Gasteiger partial charge < -0.3 is 39.5 Å². The Bertz CT molecular complexity index is 2660. The molecule has 0 amide bonds. The number of furan rings is 2. The van der Waals surface area contributed by atoms with Crippen LogP contribution in [0.5, 0.6) is 34.5 Å². The van der Waals surface area contributed by atoms with Crippen LogP contribution in [0.4, 0.5) is 0 Å². The highest BCUT2D eigenvalue weighted by molar-refractivity contribution is 6.15. The summed E-state index contributed by atoms with van der Waals surface area (Å²) in [4.78, 5) is 0. The van der Waals surface area contributed by atoms with Crippen LogP contribution in [-0.4, -0.2) is 77.8 Å². The molecule has 8 rings (SSSR count). The van der Waals surface area contributed by atoms with Gasteiger partial charge in [0, 0.05) is 58.5 Å². The van der Waals surface area contributed by atoms with Crippen molar-refractivity contribution < 1.29 is 39.5 Å². The fourth-order valence-electron chi connectivity index (χ4n) is 9.84. The molecule has 0 unspecified atom stereocenters. The number of phenolic OH excluding ortho intramolecular Hbond substituents is 6. The van der Waals surface area contributed by atoms with Crippen LogP contribution in [-0.2, 0) is 12.8 Å². The van der Waals surface area contributed by atoms with Gasteiger partial charge in [-0.1, -0.05) is 39.8 Å². The van der Waals surface area contributed by atoms with Crippen molar-refractivity contribution >= 4 is 34.0 Å². The molecule has 6 aromatic rings. The summed E-state index contributed by atoms with van der Waals surface area (Å²) in [5, 5.41) is 87.0. The van der Waals surface area contributed by atoms with E-state index in [0.29, 0.717) is 63.5 Å². The van der Waals surface area contributed by atoms with E-state index in [1.54, 1.807) is 12.5 Å². The largest absolute Gasteiger partial charge is 0.507 e. The maximum Gasteiger partial charge on any atom is 0.167 e. The Labute approximate surface area is 355 Å². The Hall–Kier alpha value is -6.30. The Morgan fingerprint density at radius 1 is 0.656 bits per heavy atom. The Morgan fingerprint density at radius 3 is 1.62 bits per heavy atom. The highest BCUT2D eigenvalue weighted by Crippen LogP contribution is 2.54. The second kappa shape index (κ2) is 16.3. The van der Waals surface area contributed by atoms with Crippen LogP contribution in [0.1, 0.15) is 117 Å². The molecular formula is C49H56N4O8. The monoisotopic (exact) mass is 828 g/mol. The molecule has 6 N–H and O–H groups in total. The van der Waals surface area contributed by atoms with Gasteiger partial charge in [0.15, 0.2) is 23.0 Å². The summed E-state index contributed by atoms with van der Waals surface area (Å²) in [7, 11) is 0. The highest BCUT2D eigenvalue weighted by Gasteiger charge is 2.33. The zero-order valence-corrected chi connectivity index (χ0v) is 35.9. The minimum Gasteiger partial charge on any atom is -0.507 e. The molecule has 61 heavy (non-hydrogen) atoms. The summed E-state index contributed by atoms with van der Waals surface area (Å²) < 4.78 is 11.3. The number of nitrogens with zero attached hydrogens (tertiary/aromatic N) is 4. The van der Waals surface area contributed by atoms with Gasteiger partial charge in [0.2, 0.25) is 0 Å². The fourth-order valence-corrected chi connectivity index (χ4v) is 9.84. The molecule has 0 saturated carbocycles. The van der Waals surface area contributed by atoms with Crippen molar-refractivity contribution in [2.45, 2.75) is 117 Å². The average molecular weight is 829 g/mol. The summed E-state index contributed by atoms with van der Waals surface area (Å²) in [5.41, 5.74) is 3.02. The molecule has 12 nitrogen and oxygen atoms in total. The Kier molecular flexibility index (Phi) is 11.1. The number of hydrogen-bond acceptors (Lipinski definition) is 12. The standard InChI is InChI=1S/C49H56N4O8/c1-25(2)38-34-19-27(5)40(46(56)42(34)36(44(54)48(38)58)23-50-52-16-8-11-30(52)21-32-12-9-17-60-32)41-28(6)20-35-39(26(3)4)49(59)45(55)37(43(35)47(41)57)24-51-53-29(7)14-15-31(53)22-33-13-10-18-61-33/h9-10,12-13,17-20,23-26,29-31,54-59H,8,11,14-16,21-22H2,1-7H3/t29-,30+,31-/m1/s1. The van der Waals surface area contributed by atoms with E-state index in [9.17, 15) is 30.6 Å². The summed E-state index contributed by atoms with van der Waals surface area (Å²) >= 11 is 0. The molecule has 2 saturated heterocycles. The van der Waals surface area contributed by atoms with Crippen molar-refractivity contribution in [3.8, 4) is 45.6 Å². The summed E-state index contributed by atoms with van der Waals surface area (Å²) in [6.07, 6.45) is 11.2. The first kappa shape index (κ1) is 41.4. The third-order valence-corrected chi connectivity index (χ3v) is 12.8. The lowest BCUT2D eigenvalue weighted by atomic mass is 9.83. The molecule has 12 heteroatoms. The van der Waals surface area contributed by atoms with E-state index < -0.39 is 11.5 Å². The predicted octanol–water partition coefficient (Wildman–Crippen LogP) is 10.4. The highest BCUT2D eigenvalue weighted by atomic mass is 16.3. The van der Waals surface area contributed by atoms with Crippen LogP contribution >= 0.6 is 0 Å². The van der Waals surface area contributed by atoms with Crippen molar-refractivity contribution in [2.75, 3.05) is 6.54 Å². The van der Waals surface area contributed by atoms with Gasteiger partial charge in [-0.15, -0.1) is 0 Å². The minimum absolute atomic E-state index is 0.0367. The van der Waals surface area contributed by atoms with Gasteiger partial charge in [0.25, 0.3) is 0 Å². The number of aromatic hydroxyl groups is 6. The van der Waals surface area contributed by atoms with Crippen molar-refractivity contribution in [3.63, 3.8) is 0 Å². The molecular weight excluding hydrogens is 773 g/mol. The van der Waals surface area contributed by atoms with Crippen molar-refractivity contribution in [1.29, 1.82) is 0 Å². The van der Waals surface area contributed by atoms with Gasteiger partial charge in [0.05, 0.1) is 48.2 Å². The van der Waals surface area contributed by atoms with Crippen molar-refractivity contribution in [2.24, 2.45) is 10.2 Å². The van der Waals surface area contributed by atoms with Crippen LogP contribution < -0.4 is 0 Å². The van der Waals surface area contributed by atoms with Crippen LogP contribution in [0.25, 0.3) is 32.7 Å². The van der Waals surface area contributed by atoms with Crippen LogP contribution in [0.3, 0.4) is 0 Å². The topological polar surface area (TPSA) is 179 Å². The molecule has 0 radical (unpaired) electrons. The second-order valence-electron chi connectivity index (χ2n) is 17.5. The zero-order chi connectivity index (χ0) is 43.4. The quantitative estimate of drug-likeness (QED) is 0.0544. The minimum atomic E-state index is -0.410. The summed E-state index contributed by atoms with van der Waals surface area (Å²) in [6.45, 7) is 14.1. The van der Waals surface area contributed by atoms with E-state index >= 15 is 0 Å². The molecule has 4 heterocycles. The van der Waals surface area contributed by atoms with E-state index in [1.165, 1.54) is 12.4 Å². The Balaban J connectivity index is 1.32. The third kappa shape index (κ3) is 7.25. The lowest BCUT2D eigenvalue weighted by Gasteiger charge is -2.26. The SMILES string of the molecule is Cc1cc2c(C(C)C)c(O)c(O)c(C=NN3CCC[C@H]3Cc3ccco3)c2c(O)c1-c1c(C)cc2c(C(C)C)c(O)c(O)c(C=NN3[C@@H](Cc4ccco4)CC[C@H]3C)c2c1O. The number of hydrazone groups is 2. The molecule has 0 aliphatic carbocycles. The third-order valence-electron chi connectivity index (χ3n) is 12.8. The number of phenols is 6. The van der Waals surface area contributed by atoms with Crippen molar-refractivity contribution in [1.82, 2.24) is 10.0 Å². The van der Waals surface area contributed by atoms with Gasteiger partial charge in [-0.3, -0.25) is 10.0 Å². The molecule has 2 aliphatic rings. The number of fused-ring (bicyclic) bond motifs is 2. The van der Waals surface area contributed by atoms with Crippen LogP contribution in [0, 0.1) is 13.8 Å². The van der Waals surface area contributed by atoms with E-state index in [-0.39, 0.29) is 74.9 Å². The first-order chi connectivity index (χ1) is 29.2. The van der Waals surface area contributed by atoms with Gasteiger partial charge >= 0.3 is 0 Å². The maximum atomic E-state index is 12.6. The molecule has 0 bridgehead atoms. The second-order valence-corrected chi connectivity index (χ2v) is 17.5. The maximum absolute atomic E-state index is 12.6. The van der Waals surface area contributed by atoms with Gasteiger partial charge in [-0.2, -0.15) is 10.2 Å². The Morgan fingerprint density at radius 2 is 1.15 bits per heavy atom. The first-order valence-electron chi connectivity index (χ1n) is 21.3. The predicted molar refractivity (Wildman–Crippen MR) is 239 cm³/mol.